The van der Waals surface area contributed by atoms with Crippen molar-refractivity contribution in [3.63, 3.8) is 0 Å². The van der Waals surface area contributed by atoms with Gasteiger partial charge in [0.1, 0.15) is 18.1 Å². The number of fused-ring (bicyclic) bond motifs is 2. The first kappa shape index (κ1) is 24.2. The smallest absolute Gasteiger partial charge is 0.296 e. The van der Waals surface area contributed by atoms with E-state index in [9.17, 15) is 19.5 Å². The lowest BCUT2D eigenvalue weighted by molar-refractivity contribution is -0.143. The molecule has 1 spiro atoms. The zero-order valence-electron chi connectivity index (χ0n) is 19.8. The fraction of sp³-hybridized carbons (Fsp3) is 0.296. The molecule has 2 aliphatic heterocycles. The van der Waals surface area contributed by atoms with E-state index < -0.39 is 28.9 Å². The number of carbonyl (C=O) groups excluding carboxylic acids is 3. The van der Waals surface area contributed by atoms with Crippen molar-refractivity contribution >= 4 is 29.0 Å². The van der Waals surface area contributed by atoms with Crippen LogP contribution in [0.4, 0.5) is 5.69 Å². The Labute approximate surface area is 204 Å². The SMILES string of the molecule is C=CCOc1ccc(/C(O)=C2\C(=O)C(=O)N(CCCOC)C23C(=O)N(CC)c2ccccc23)cc1. The van der Waals surface area contributed by atoms with Crippen LogP contribution in [0, 0.1) is 0 Å². The van der Waals surface area contributed by atoms with Gasteiger partial charge in [-0.2, -0.15) is 0 Å². The van der Waals surface area contributed by atoms with Crippen molar-refractivity contribution in [1.29, 1.82) is 0 Å². The van der Waals surface area contributed by atoms with Crippen LogP contribution >= 0.6 is 0 Å². The normalized spacial score (nSPS) is 20.6. The summed E-state index contributed by atoms with van der Waals surface area (Å²) in [7, 11) is 1.54. The highest BCUT2D eigenvalue weighted by Crippen LogP contribution is 2.53. The zero-order valence-corrected chi connectivity index (χ0v) is 19.8. The van der Waals surface area contributed by atoms with Gasteiger partial charge in [0.2, 0.25) is 0 Å². The maximum absolute atomic E-state index is 14.0. The molecular formula is C27H28N2O6. The summed E-state index contributed by atoms with van der Waals surface area (Å²) in [5.74, 6) is -2.02. The molecule has 35 heavy (non-hydrogen) atoms. The van der Waals surface area contributed by atoms with Crippen LogP contribution in [0.2, 0.25) is 0 Å². The second-order valence-corrected chi connectivity index (χ2v) is 8.26. The molecule has 4 rings (SSSR count). The minimum atomic E-state index is -1.75. The molecule has 0 aromatic heterocycles. The molecular weight excluding hydrogens is 448 g/mol. The zero-order chi connectivity index (χ0) is 25.2. The highest BCUT2D eigenvalue weighted by Gasteiger charge is 2.66. The lowest BCUT2D eigenvalue weighted by Crippen LogP contribution is -2.52. The van der Waals surface area contributed by atoms with Gasteiger partial charge in [0.15, 0.2) is 5.54 Å². The van der Waals surface area contributed by atoms with Crippen molar-refractivity contribution in [2.24, 2.45) is 0 Å². The third kappa shape index (κ3) is 3.70. The maximum Gasteiger partial charge on any atom is 0.296 e. The van der Waals surface area contributed by atoms with E-state index in [1.807, 2.05) is 6.92 Å². The minimum Gasteiger partial charge on any atom is -0.507 e. The van der Waals surface area contributed by atoms with Crippen LogP contribution in [-0.4, -0.2) is 61.0 Å². The van der Waals surface area contributed by atoms with Gasteiger partial charge in [-0.1, -0.05) is 30.9 Å². The molecule has 2 aliphatic rings. The number of hydrogen-bond donors (Lipinski definition) is 1. The average Bonchev–Trinajstić information content (AvgIpc) is 3.25. The standard InChI is InChI=1S/C27H28N2O6/c1-4-16-35-19-13-11-18(12-14-19)23(30)22-24(31)25(32)29(15-8-17-34-3)27(22)20-9-6-7-10-21(20)28(5-2)26(27)33/h4,6-7,9-14,30H,1,5,8,15-17H2,2-3H3/b23-22-. The summed E-state index contributed by atoms with van der Waals surface area (Å²) in [6.45, 7) is 6.56. The van der Waals surface area contributed by atoms with Crippen molar-refractivity contribution < 1.29 is 29.0 Å². The van der Waals surface area contributed by atoms with Crippen molar-refractivity contribution in [3.05, 3.63) is 77.9 Å². The molecule has 2 heterocycles. The molecule has 1 saturated heterocycles. The molecule has 2 aromatic carbocycles. The Bertz CT molecular complexity index is 1200. The maximum atomic E-state index is 14.0. The van der Waals surface area contributed by atoms with Gasteiger partial charge in [0.25, 0.3) is 17.6 Å². The highest BCUT2D eigenvalue weighted by molar-refractivity contribution is 6.50. The van der Waals surface area contributed by atoms with Gasteiger partial charge in [-0.05, 0) is 43.7 Å². The number of nitrogens with zero attached hydrogens (tertiary/aromatic N) is 2. The lowest BCUT2D eigenvalue weighted by atomic mass is 9.82. The van der Waals surface area contributed by atoms with Gasteiger partial charge in [0.05, 0.1) is 11.3 Å². The molecule has 1 fully saturated rings. The third-order valence-electron chi connectivity index (χ3n) is 6.35. The molecule has 2 amide bonds. The van der Waals surface area contributed by atoms with Gasteiger partial charge in [-0.25, -0.2) is 0 Å². The molecule has 0 saturated carbocycles. The third-order valence-corrected chi connectivity index (χ3v) is 6.35. The minimum absolute atomic E-state index is 0.112. The molecule has 1 atom stereocenters. The largest absolute Gasteiger partial charge is 0.507 e. The van der Waals surface area contributed by atoms with Crippen molar-refractivity contribution in [2.45, 2.75) is 18.9 Å². The van der Waals surface area contributed by atoms with E-state index in [0.717, 1.165) is 0 Å². The van der Waals surface area contributed by atoms with Crippen LogP contribution in [0.15, 0.2) is 66.8 Å². The predicted molar refractivity (Wildman–Crippen MR) is 131 cm³/mol. The number of amides is 2. The number of Topliss-reactive ketones (excluding diaryl/α,β-unsaturated/α-hetero) is 1. The van der Waals surface area contributed by atoms with E-state index in [1.165, 1.54) is 4.90 Å². The van der Waals surface area contributed by atoms with E-state index in [-0.39, 0.29) is 12.1 Å². The molecule has 8 nitrogen and oxygen atoms in total. The molecule has 1 unspecified atom stereocenters. The Morgan fingerprint density at radius 1 is 1.11 bits per heavy atom. The first-order valence-corrected chi connectivity index (χ1v) is 11.5. The monoisotopic (exact) mass is 476 g/mol. The number of para-hydroxylation sites is 1. The number of ketones is 1. The fourth-order valence-corrected chi connectivity index (χ4v) is 4.86. The molecule has 1 N–H and O–H groups in total. The summed E-state index contributed by atoms with van der Waals surface area (Å²) in [5.41, 5.74) is -0.580. The Morgan fingerprint density at radius 3 is 2.49 bits per heavy atom. The van der Waals surface area contributed by atoms with Crippen LogP contribution in [-0.2, 0) is 24.7 Å². The van der Waals surface area contributed by atoms with Crippen LogP contribution in [0.25, 0.3) is 5.76 Å². The number of likely N-dealkylation sites (tertiary alicyclic amines) is 1. The van der Waals surface area contributed by atoms with E-state index in [2.05, 4.69) is 6.58 Å². The first-order valence-electron chi connectivity index (χ1n) is 11.5. The summed E-state index contributed by atoms with van der Waals surface area (Å²) >= 11 is 0. The average molecular weight is 477 g/mol. The first-order chi connectivity index (χ1) is 16.9. The van der Waals surface area contributed by atoms with Gasteiger partial charge in [-0.3, -0.25) is 14.4 Å². The number of ether oxygens (including phenoxy) is 2. The van der Waals surface area contributed by atoms with E-state index in [0.29, 0.717) is 48.7 Å². The summed E-state index contributed by atoms with van der Waals surface area (Å²) in [6.07, 6.45) is 2.03. The van der Waals surface area contributed by atoms with Gasteiger partial charge < -0.3 is 24.4 Å². The predicted octanol–water partition coefficient (Wildman–Crippen LogP) is 3.23. The number of rotatable bonds is 9. The van der Waals surface area contributed by atoms with Crippen LogP contribution in [0.5, 0.6) is 5.75 Å². The number of benzene rings is 2. The van der Waals surface area contributed by atoms with Gasteiger partial charge in [0, 0.05) is 37.9 Å². The van der Waals surface area contributed by atoms with Gasteiger partial charge in [-0.15, -0.1) is 0 Å². The Morgan fingerprint density at radius 2 is 1.83 bits per heavy atom. The van der Waals surface area contributed by atoms with Crippen molar-refractivity contribution in [1.82, 2.24) is 4.90 Å². The summed E-state index contributed by atoms with van der Waals surface area (Å²) < 4.78 is 10.6. The number of anilines is 1. The number of methoxy groups -OCH3 is 1. The van der Waals surface area contributed by atoms with E-state index >= 15 is 0 Å². The summed E-state index contributed by atoms with van der Waals surface area (Å²) in [4.78, 5) is 43.6. The second-order valence-electron chi connectivity index (χ2n) is 8.26. The fourth-order valence-electron chi connectivity index (χ4n) is 4.86. The summed E-state index contributed by atoms with van der Waals surface area (Å²) in [5, 5.41) is 11.4. The number of hydrogen-bond acceptors (Lipinski definition) is 6. The molecule has 182 valence electrons. The quantitative estimate of drug-likeness (QED) is 0.196. The Kier molecular flexibility index (Phi) is 6.75. The van der Waals surface area contributed by atoms with E-state index in [1.54, 1.807) is 66.6 Å². The summed E-state index contributed by atoms with van der Waals surface area (Å²) in [6, 6.07) is 13.5. The highest BCUT2D eigenvalue weighted by atomic mass is 16.5. The van der Waals surface area contributed by atoms with Crippen LogP contribution < -0.4 is 9.64 Å². The van der Waals surface area contributed by atoms with Crippen molar-refractivity contribution in [3.8, 4) is 5.75 Å². The second kappa shape index (κ2) is 9.76. The molecule has 8 heteroatoms. The van der Waals surface area contributed by atoms with Crippen LogP contribution in [0.3, 0.4) is 0 Å². The number of carbonyl (C=O) groups is 3. The molecule has 2 aromatic rings. The topological polar surface area (TPSA) is 96.4 Å². The van der Waals surface area contributed by atoms with Crippen LogP contribution in [0.1, 0.15) is 24.5 Å². The number of aliphatic hydroxyl groups is 1. The molecule has 0 bridgehead atoms. The molecule has 0 aliphatic carbocycles. The number of likely N-dealkylation sites (N-methyl/N-ethyl adjacent to an activating group) is 1. The lowest BCUT2D eigenvalue weighted by Gasteiger charge is -2.34. The molecule has 0 radical (unpaired) electrons. The van der Waals surface area contributed by atoms with Gasteiger partial charge >= 0.3 is 0 Å². The number of aliphatic hydroxyl groups excluding tert-OH is 1. The Balaban J connectivity index is 1.94. The van der Waals surface area contributed by atoms with E-state index in [4.69, 9.17) is 9.47 Å². The van der Waals surface area contributed by atoms with Crippen molar-refractivity contribution in [2.75, 3.05) is 38.3 Å². The Hall–Kier alpha value is -3.91.